The van der Waals surface area contributed by atoms with Crippen molar-refractivity contribution in [2.24, 2.45) is 4.99 Å². The van der Waals surface area contributed by atoms with Crippen LogP contribution < -0.4 is 0 Å². The third-order valence-electron chi connectivity index (χ3n) is 4.18. The zero-order chi connectivity index (χ0) is 17.2. The van der Waals surface area contributed by atoms with Crippen LogP contribution in [0.15, 0.2) is 82.7 Å². The predicted octanol–water partition coefficient (Wildman–Crippen LogP) is 6.40. The highest BCUT2D eigenvalue weighted by Crippen LogP contribution is 2.46. The third kappa shape index (κ3) is 3.58. The van der Waals surface area contributed by atoms with Crippen molar-refractivity contribution in [1.29, 1.82) is 0 Å². The summed E-state index contributed by atoms with van der Waals surface area (Å²) >= 11 is 7.99. The van der Waals surface area contributed by atoms with E-state index in [1.165, 1.54) is 5.56 Å². The van der Waals surface area contributed by atoms with Gasteiger partial charge in [0.15, 0.2) is 0 Å². The molecule has 0 bridgehead atoms. The molecule has 0 radical (unpaired) electrons. The van der Waals surface area contributed by atoms with Gasteiger partial charge in [-0.25, -0.2) is 0 Å². The van der Waals surface area contributed by atoms with E-state index in [0.29, 0.717) is 5.02 Å². The Morgan fingerprint density at radius 3 is 2.60 bits per heavy atom. The highest BCUT2D eigenvalue weighted by atomic mass is 35.5. The number of hydrogen-bond donors (Lipinski definition) is 1. The van der Waals surface area contributed by atoms with Gasteiger partial charge in [-0.2, -0.15) is 0 Å². The quantitative estimate of drug-likeness (QED) is 0.569. The number of phenols is 1. The number of thioether (sulfide) groups is 1. The molecule has 0 unspecified atom stereocenters. The fraction of sp³-hybridized carbons (Fsp3) is 0.0952. The second-order valence-electron chi connectivity index (χ2n) is 5.94. The summed E-state index contributed by atoms with van der Waals surface area (Å²) < 4.78 is 0. The van der Waals surface area contributed by atoms with Gasteiger partial charge in [-0.1, -0.05) is 54.1 Å². The molecule has 1 N–H and O–H groups in total. The van der Waals surface area contributed by atoms with Crippen LogP contribution in [-0.4, -0.2) is 10.8 Å². The zero-order valence-electron chi connectivity index (χ0n) is 13.4. The number of hydrogen-bond acceptors (Lipinski definition) is 3. The molecule has 1 aliphatic heterocycles. The van der Waals surface area contributed by atoms with Gasteiger partial charge in [0.2, 0.25) is 0 Å². The van der Waals surface area contributed by atoms with Gasteiger partial charge in [-0.15, -0.1) is 11.8 Å². The Labute approximate surface area is 156 Å². The molecule has 1 atom stereocenters. The summed E-state index contributed by atoms with van der Waals surface area (Å²) in [5, 5.41) is 10.8. The summed E-state index contributed by atoms with van der Waals surface area (Å²) in [6, 6.07) is 23.6. The molecule has 0 saturated heterocycles. The lowest BCUT2D eigenvalue weighted by Crippen LogP contribution is -2.05. The summed E-state index contributed by atoms with van der Waals surface area (Å²) in [5.41, 5.74) is 4.05. The van der Waals surface area contributed by atoms with Crippen LogP contribution in [0.3, 0.4) is 0 Å². The van der Waals surface area contributed by atoms with E-state index in [2.05, 4.69) is 24.3 Å². The average Bonchev–Trinajstić information content (AvgIpc) is 2.82. The van der Waals surface area contributed by atoms with Gasteiger partial charge in [0.05, 0.1) is 5.69 Å². The third-order valence-corrected chi connectivity index (χ3v) is 5.73. The minimum atomic E-state index is 0.250. The van der Waals surface area contributed by atoms with Crippen molar-refractivity contribution in [3.63, 3.8) is 0 Å². The molecule has 0 aliphatic carbocycles. The molecule has 0 saturated carbocycles. The molecular formula is C21H16ClNOS. The topological polar surface area (TPSA) is 32.6 Å². The second kappa shape index (κ2) is 6.95. The normalized spacial score (nSPS) is 16.7. The van der Waals surface area contributed by atoms with Gasteiger partial charge in [0.1, 0.15) is 5.75 Å². The first-order chi connectivity index (χ1) is 12.2. The van der Waals surface area contributed by atoms with Gasteiger partial charge in [-0.05, 0) is 41.5 Å². The van der Waals surface area contributed by atoms with E-state index < -0.39 is 0 Å². The number of aliphatic imine (C=N–C) groups is 1. The summed E-state index contributed by atoms with van der Waals surface area (Å²) in [5.74, 6) is 0.250. The minimum Gasteiger partial charge on any atom is -0.508 e. The Balaban J connectivity index is 1.83. The van der Waals surface area contributed by atoms with Crippen LogP contribution in [0.25, 0.3) is 0 Å². The Kier molecular flexibility index (Phi) is 4.51. The number of halogens is 1. The van der Waals surface area contributed by atoms with Gasteiger partial charge in [0.25, 0.3) is 0 Å². The number of phenolic OH excluding ortho intramolecular Hbond substituents is 1. The number of nitrogens with zero attached hydrogens (tertiary/aromatic N) is 1. The predicted molar refractivity (Wildman–Crippen MR) is 105 cm³/mol. The van der Waals surface area contributed by atoms with Gasteiger partial charge >= 0.3 is 0 Å². The van der Waals surface area contributed by atoms with Crippen molar-refractivity contribution >= 4 is 34.8 Å². The number of rotatable bonds is 2. The lowest BCUT2D eigenvalue weighted by Gasteiger charge is -2.16. The molecule has 1 aliphatic rings. The van der Waals surface area contributed by atoms with Crippen molar-refractivity contribution in [2.75, 3.05) is 0 Å². The highest BCUT2D eigenvalue weighted by molar-refractivity contribution is 7.99. The maximum Gasteiger partial charge on any atom is 0.116 e. The van der Waals surface area contributed by atoms with Crippen LogP contribution in [0.5, 0.6) is 5.75 Å². The van der Waals surface area contributed by atoms with E-state index in [1.54, 1.807) is 23.9 Å². The Hall–Kier alpha value is -2.23. The smallest absolute Gasteiger partial charge is 0.116 e. The molecule has 3 aromatic rings. The lowest BCUT2D eigenvalue weighted by molar-refractivity contribution is 0.475. The molecule has 4 rings (SSSR count). The average molecular weight is 366 g/mol. The van der Waals surface area contributed by atoms with Crippen molar-refractivity contribution in [3.8, 4) is 5.75 Å². The molecular weight excluding hydrogens is 350 g/mol. The first kappa shape index (κ1) is 16.2. The van der Waals surface area contributed by atoms with E-state index in [9.17, 15) is 5.11 Å². The molecule has 3 aromatic carbocycles. The molecule has 124 valence electrons. The number of aromatic hydroxyl groups is 1. The largest absolute Gasteiger partial charge is 0.508 e. The number of fused-ring (bicyclic) bond motifs is 1. The van der Waals surface area contributed by atoms with Gasteiger partial charge in [-0.3, -0.25) is 4.99 Å². The van der Waals surface area contributed by atoms with E-state index in [-0.39, 0.29) is 11.0 Å². The monoisotopic (exact) mass is 365 g/mol. The van der Waals surface area contributed by atoms with Crippen LogP contribution in [0.4, 0.5) is 5.69 Å². The van der Waals surface area contributed by atoms with Crippen LogP contribution in [0, 0.1) is 0 Å². The van der Waals surface area contributed by atoms with Crippen molar-refractivity contribution in [3.05, 3.63) is 88.9 Å². The van der Waals surface area contributed by atoms with E-state index in [0.717, 1.165) is 28.3 Å². The molecule has 0 amide bonds. The van der Waals surface area contributed by atoms with Crippen LogP contribution in [0.2, 0.25) is 5.02 Å². The van der Waals surface area contributed by atoms with Crippen LogP contribution in [0.1, 0.15) is 22.8 Å². The van der Waals surface area contributed by atoms with Crippen molar-refractivity contribution in [2.45, 2.75) is 16.6 Å². The summed E-state index contributed by atoms with van der Waals surface area (Å²) in [6.07, 6.45) is 0.782. The first-order valence-corrected chi connectivity index (χ1v) is 9.33. The maximum atomic E-state index is 9.86. The molecule has 0 spiro atoms. The standard InChI is InChI=1S/C21H16ClNOS/c22-16-9-10-20-19(12-16)23-18(15-7-4-8-17(24)11-15)13-21(25-20)14-5-2-1-3-6-14/h1-12,21,24H,13H2/t21-/m1/s1. The fourth-order valence-corrected chi connectivity index (χ4v) is 4.34. The number of benzene rings is 3. The zero-order valence-corrected chi connectivity index (χ0v) is 15.0. The van der Waals surface area contributed by atoms with E-state index >= 15 is 0 Å². The molecule has 2 nitrogen and oxygen atoms in total. The van der Waals surface area contributed by atoms with Crippen LogP contribution in [-0.2, 0) is 0 Å². The molecule has 4 heteroatoms. The Bertz CT molecular complexity index is 940. The molecule has 1 heterocycles. The van der Waals surface area contributed by atoms with E-state index in [1.807, 2.05) is 36.4 Å². The fourth-order valence-electron chi connectivity index (χ4n) is 2.96. The van der Waals surface area contributed by atoms with E-state index in [4.69, 9.17) is 16.6 Å². The highest BCUT2D eigenvalue weighted by Gasteiger charge is 2.22. The molecule has 0 fully saturated rings. The SMILES string of the molecule is Oc1cccc(C2=Nc3cc(Cl)ccc3S[C@@H](c3ccccc3)C2)c1. The summed E-state index contributed by atoms with van der Waals surface area (Å²) in [6.45, 7) is 0. The maximum absolute atomic E-state index is 9.86. The molecule has 25 heavy (non-hydrogen) atoms. The van der Waals surface area contributed by atoms with Crippen LogP contribution >= 0.6 is 23.4 Å². The lowest BCUT2D eigenvalue weighted by atomic mass is 10.0. The van der Waals surface area contributed by atoms with Crippen molar-refractivity contribution in [1.82, 2.24) is 0 Å². The Morgan fingerprint density at radius 2 is 1.80 bits per heavy atom. The van der Waals surface area contributed by atoms with Crippen molar-refractivity contribution < 1.29 is 5.11 Å². The molecule has 0 aromatic heterocycles. The minimum absolute atomic E-state index is 0.250. The first-order valence-electron chi connectivity index (χ1n) is 8.07. The second-order valence-corrected chi connectivity index (χ2v) is 7.62. The van der Waals surface area contributed by atoms with Gasteiger partial charge < -0.3 is 5.11 Å². The summed E-state index contributed by atoms with van der Waals surface area (Å²) in [4.78, 5) is 6.01. The van der Waals surface area contributed by atoms with Gasteiger partial charge in [0, 0.05) is 27.3 Å². The Morgan fingerprint density at radius 1 is 0.960 bits per heavy atom. The summed E-state index contributed by atoms with van der Waals surface area (Å²) in [7, 11) is 0.